The second-order valence-corrected chi connectivity index (χ2v) is 15.4. The molecule has 4 aromatic carbocycles. The van der Waals surface area contributed by atoms with Crippen LogP contribution >= 0.6 is 0 Å². The SMILES string of the molecule is C=C(C)C(=O)Oc1ccc(-c2ccc(C(OC(=O)/C(C)=C/OC(C)(C)C(OC(=O)C(=C)C)c3ccc(-c4ccc(OC(=O)C(=C)C)c(F)c4)cc3)C(C)(C)O)c(F)c2)cc1. The molecule has 0 aliphatic carbocycles. The van der Waals surface area contributed by atoms with E-state index in [1.807, 2.05) is 0 Å². The maximum Gasteiger partial charge on any atom is 0.338 e. The maximum absolute atomic E-state index is 15.7. The quantitative estimate of drug-likeness (QED) is 0.0504. The van der Waals surface area contributed by atoms with Crippen molar-refractivity contribution >= 4 is 23.9 Å². The first-order valence-electron chi connectivity index (χ1n) is 18.7. The minimum atomic E-state index is -1.73. The third-order valence-corrected chi connectivity index (χ3v) is 8.99. The Labute approximate surface area is 348 Å². The topological polar surface area (TPSA) is 135 Å². The van der Waals surface area contributed by atoms with Crippen LogP contribution in [0, 0.1) is 11.6 Å². The zero-order chi connectivity index (χ0) is 44.7. The summed E-state index contributed by atoms with van der Waals surface area (Å²) in [7, 11) is 0. The van der Waals surface area contributed by atoms with Crippen LogP contribution in [0.15, 0.2) is 133 Å². The van der Waals surface area contributed by atoms with E-state index in [0.29, 0.717) is 27.8 Å². The highest BCUT2D eigenvalue weighted by Gasteiger charge is 2.37. The predicted octanol–water partition coefficient (Wildman–Crippen LogP) is 10.2. The molecular weight excluding hydrogens is 775 g/mol. The molecule has 0 aliphatic heterocycles. The first-order chi connectivity index (χ1) is 28.0. The van der Waals surface area contributed by atoms with E-state index in [1.165, 1.54) is 65.8 Å². The molecule has 0 saturated heterocycles. The van der Waals surface area contributed by atoms with Gasteiger partial charge in [0.15, 0.2) is 23.8 Å². The molecule has 12 heteroatoms. The van der Waals surface area contributed by atoms with Gasteiger partial charge in [-0.3, -0.25) is 0 Å². The lowest BCUT2D eigenvalue weighted by Gasteiger charge is -2.34. The molecule has 314 valence electrons. The molecule has 4 rings (SSSR count). The fourth-order valence-corrected chi connectivity index (χ4v) is 5.59. The van der Waals surface area contributed by atoms with Crippen LogP contribution in [-0.2, 0) is 33.4 Å². The highest BCUT2D eigenvalue weighted by atomic mass is 19.1. The lowest BCUT2D eigenvalue weighted by Crippen LogP contribution is -2.35. The van der Waals surface area contributed by atoms with Gasteiger partial charge in [-0.1, -0.05) is 74.3 Å². The molecule has 0 bridgehead atoms. The lowest BCUT2D eigenvalue weighted by atomic mass is 9.92. The summed E-state index contributed by atoms with van der Waals surface area (Å²) in [5, 5.41) is 11.0. The Morgan fingerprint density at radius 2 is 1.07 bits per heavy atom. The summed E-state index contributed by atoms with van der Waals surface area (Å²) in [5.41, 5.74) is -0.0472. The fraction of sp³-hybridized carbons (Fsp3) is 0.250. The molecule has 0 saturated carbocycles. The van der Waals surface area contributed by atoms with Gasteiger partial charge in [-0.05, 0) is 114 Å². The van der Waals surface area contributed by atoms with Gasteiger partial charge in [0, 0.05) is 22.3 Å². The van der Waals surface area contributed by atoms with Gasteiger partial charge >= 0.3 is 23.9 Å². The molecule has 2 unspecified atom stereocenters. The number of halogens is 2. The van der Waals surface area contributed by atoms with Crippen molar-refractivity contribution in [3.05, 3.63) is 156 Å². The molecule has 1 N–H and O–H groups in total. The van der Waals surface area contributed by atoms with Crippen molar-refractivity contribution in [2.75, 3.05) is 0 Å². The van der Waals surface area contributed by atoms with E-state index in [1.54, 1.807) is 74.5 Å². The van der Waals surface area contributed by atoms with E-state index in [4.69, 9.17) is 23.7 Å². The van der Waals surface area contributed by atoms with Gasteiger partial charge < -0.3 is 28.8 Å². The monoisotopic (exact) mass is 822 g/mol. The second kappa shape index (κ2) is 18.9. The zero-order valence-electron chi connectivity index (χ0n) is 34.8. The van der Waals surface area contributed by atoms with Crippen molar-refractivity contribution in [1.29, 1.82) is 0 Å². The average molecular weight is 823 g/mol. The molecule has 0 amide bonds. The lowest BCUT2D eigenvalue weighted by molar-refractivity contribution is -0.161. The fourth-order valence-electron chi connectivity index (χ4n) is 5.59. The number of esters is 4. The number of ether oxygens (including phenoxy) is 5. The van der Waals surface area contributed by atoms with Crippen LogP contribution < -0.4 is 9.47 Å². The van der Waals surface area contributed by atoms with Gasteiger partial charge in [0.1, 0.15) is 22.8 Å². The molecular formula is C48H48F2O10. The first kappa shape index (κ1) is 46.0. The molecule has 4 aromatic rings. The van der Waals surface area contributed by atoms with Crippen LogP contribution in [0.3, 0.4) is 0 Å². The maximum atomic E-state index is 15.7. The summed E-state index contributed by atoms with van der Waals surface area (Å²) in [4.78, 5) is 50.0. The number of carbonyl (C=O) groups is 4. The Hall–Kier alpha value is -6.66. The average Bonchev–Trinajstić information content (AvgIpc) is 3.18. The minimum absolute atomic E-state index is 0.0541. The van der Waals surface area contributed by atoms with Crippen molar-refractivity contribution in [2.24, 2.45) is 0 Å². The summed E-state index contributed by atoms with van der Waals surface area (Å²) < 4.78 is 58.4. The van der Waals surface area contributed by atoms with Crippen LogP contribution in [-0.4, -0.2) is 40.2 Å². The first-order valence-corrected chi connectivity index (χ1v) is 18.7. The van der Waals surface area contributed by atoms with Crippen molar-refractivity contribution in [2.45, 2.75) is 78.8 Å². The van der Waals surface area contributed by atoms with Gasteiger partial charge in [0.05, 0.1) is 11.8 Å². The van der Waals surface area contributed by atoms with Gasteiger partial charge in [-0.2, -0.15) is 0 Å². The van der Waals surface area contributed by atoms with Crippen LogP contribution in [0.4, 0.5) is 8.78 Å². The Bertz CT molecular complexity index is 2350. The molecule has 60 heavy (non-hydrogen) atoms. The zero-order valence-corrected chi connectivity index (χ0v) is 34.8. The Balaban J connectivity index is 1.53. The second-order valence-electron chi connectivity index (χ2n) is 15.4. The van der Waals surface area contributed by atoms with Crippen molar-refractivity contribution in [3.63, 3.8) is 0 Å². The summed E-state index contributed by atoms with van der Waals surface area (Å²) in [6.07, 6.45) is -1.38. The molecule has 0 spiro atoms. The Kier molecular flexibility index (Phi) is 14.5. The van der Waals surface area contributed by atoms with E-state index in [-0.39, 0.29) is 39.4 Å². The van der Waals surface area contributed by atoms with Gasteiger partial charge in [0.2, 0.25) is 0 Å². The summed E-state index contributed by atoms with van der Waals surface area (Å²) in [5.74, 6) is -4.41. The van der Waals surface area contributed by atoms with Crippen molar-refractivity contribution in [1.82, 2.24) is 0 Å². The third-order valence-electron chi connectivity index (χ3n) is 8.99. The molecule has 0 aromatic heterocycles. The van der Waals surface area contributed by atoms with Crippen LogP contribution in [0.25, 0.3) is 22.3 Å². The van der Waals surface area contributed by atoms with E-state index >= 15 is 4.39 Å². The number of carbonyl (C=O) groups excluding carboxylic acids is 4. The highest BCUT2D eigenvalue weighted by molar-refractivity contribution is 5.90. The van der Waals surface area contributed by atoms with Crippen LogP contribution in [0.2, 0.25) is 0 Å². The summed E-state index contributed by atoms with van der Waals surface area (Å²) >= 11 is 0. The van der Waals surface area contributed by atoms with E-state index in [9.17, 15) is 28.7 Å². The largest absolute Gasteiger partial charge is 0.491 e. The van der Waals surface area contributed by atoms with Gasteiger partial charge in [0.25, 0.3) is 0 Å². The smallest absolute Gasteiger partial charge is 0.338 e. The van der Waals surface area contributed by atoms with E-state index in [0.717, 1.165) is 6.26 Å². The number of aliphatic hydroxyl groups is 1. The van der Waals surface area contributed by atoms with Crippen molar-refractivity contribution in [3.8, 4) is 33.8 Å². The number of rotatable bonds is 16. The van der Waals surface area contributed by atoms with Gasteiger partial charge in [-0.25, -0.2) is 28.0 Å². The molecule has 0 radical (unpaired) electrons. The Morgan fingerprint density at radius 1 is 0.600 bits per heavy atom. The summed E-state index contributed by atoms with van der Waals surface area (Å²) in [6, 6.07) is 21.5. The minimum Gasteiger partial charge on any atom is -0.491 e. The molecule has 0 heterocycles. The number of hydrogen-bond acceptors (Lipinski definition) is 10. The van der Waals surface area contributed by atoms with Crippen LogP contribution in [0.5, 0.6) is 11.5 Å². The van der Waals surface area contributed by atoms with Gasteiger partial charge in [-0.15, -0.1) is 0 Å². The molecule has 10 nitrogen and oxygen atoms in total. The predicted molar refractivity (Wildman–Crippen MR) is 222 cm³/mol. The number of benzene rings is 4. The summed E-state index contributed by atoms with van der Waals surface area (Å²) in [6.45, 7) is 22.6. The van der Waals surface area contributed by atoms with E-state index < -0.39 is 58.9 Å². The highest BCUT2D eigenvalue weighted by Crippen LogP contribution is 2.37. The third kappa shape index (κ3) is 11.7. The Morgan fingerprint density at radius 3 is 1.57 bits per heavy atom. The standard InChI is InChI=1S/C48H48F2O10/c1-27(2)43(51)57-36-20-16-32(17-21-36)34-18-22-37(38(49)24-34)42(47(8,9)55)60-46(54)30(7)26-56-48(10,11)41(59-45(53)29(5)6)33-14-12-31(13-15-33)35-19-23-40(39(50)25-35)58-44(52)28(3)4/h12-26,41-42,55H,1,3,5H2,2,4,6-11H3/b30-26+. The van der Waals surface area contributed by atoms with E-state index in [2.05, 4.69) is 19.7 Å². The molecule has 0 aliphatic rings. The van der Waals surface area contributed by atoms with Crippen molar-refractivity contribution < 1.29 is 56.7 Å². The number of hydrogen-bond donors (Lipinski definition) is 1. The molecule has 2 atom stereocenters. The van der Waals surface area contributed by atoms with Crippen LogP contribution in [0.1, 0.15) is 78.7 Å². The molecule has 0 fully saturated rings. The normalized spacial score (nSPS) is 12.7.